The van der Waals surface area contributed by atoms with Gasteiger partial charge in [0, 0.05) is 22.8 Å². The third-order valence-electron chi connectivity index (χ3n) is 4.82. The minimum atomic E-state index is -0.218. The van der Waals surface area contributed by atoms with E-state index in [1.54, 1.807) is 30.0 Å². The lowest BCUT2D eigenvalue weighted by molar-refractivity contribution is 0.102. The third kappa shape index (κ3) is 5.68. The number of amides is 1. The van der Waals surface area contributed by atoms with E-state index in [-0.39, 0.29) is 5.91 Å². The first-order valence-electron chi connectivity index (χ1n) is 10.0. The first-order valence-corrected chi connectivity index (χ1v) is 10.4. The molecular weight excluding hydrogens is 426 g/mol. The van der Waals surface area contributed by atoms with E-state index in [4.69, 9.17) is 21.1 Å². The molecule has 4 rings (SSSR count). The van der Waals surface area contributed by atoms with Crippen molar-refractivity contribution in [3.05, 3.63) is 107 Å². The number of nitrogens with one attached hydrogen (secondary N) is 1. The molecule has 1 heterocycles. The Morgan fingerprint density at radius 2 is 1.56 bits per heavy atom. The summed E-state index contributed by atoms with van der Waals surface area (Å²) in [5.74, 6) is 1.81. The van der Waals surface area contributed by atoms with Gasteiger partial charge in [0.2, 0.25) is 0 Å². The number of benzene rings is 3. The Bertz CT molecular complexity index is 1170. The van der Waals surface area contributed by atoms with Crippen molar-refractivity contribution in [1.82, 2.24) is 9.78 Å². The fraction of sp³-hybridized carbons (Fsp3) is 0.120. The summed E-state index contributed by atoms with van der Waals surface area (Å²) in [5.41, 5.74) is 2.58. The second-order valence-corrected chi connectivity index (χ2v) is 7.58. The minimum absolute atomic E-state index is 0.218. The van der Waals surface area contributed by atoms with Crippen LogP contribution >= 0.6 is 11.6 Å². The number of hydrogen-bond acceptors (Lipinski definition) is 4. The summed E-state index contributed by atoms with van der Waals surface area (Å²) in [4.78, 5) is 12.6. The van der Waals surface area contributed by atoms with Gasteiger partial charge in [-0.05, 0) is 59.7 Å². The van der Waals surface area contributed by atoms with E-state index in [0.717, 1.165) is 22.6 Å². The number of nitrogens with zero attached hydrogens (tertiary/aromatic N) is 2. The van der Waals surface area contributed by atoms with Crippen LogP contribution in [0, 0.1) is 0 Å². The molecule has 0 saturated carbocycles. The van der Waals surface area contributed by atoms with Gasteiger partial charge in [0.25, 0.3) is 5.91 Å². The highest BCUT2D eigenvalue weighted by molar-refractivity contribution is 6.30. The molecular formula is C25H22ClN3O3. The molecule has 1 aromatic heterocycles. The molecule has 0 saturated heterocycles. The number of rotatable bonds is 8. The van der Waals surface area contributed by atoms with Crippen molar-refractivity contribution < 1.29 is 14.3 Å². The largest absolute Gasteiger partial charge is 0.497 e. The second kappa shape index (κ2) is 10.0. The van der Waals surface area contributed by atoms with Crippen LogP contribution in [0.4, 0.5) is 5.82 Å². The Morgan fingerprint density at radius 3 is 2.25 bits per heavy atom. The van der Waals surface area contributed by atoms with Crippen LogP contribution in [0.3, 0.4) is 0 Å². The Kier molecular flexibility index (Phi) is 6.72. The van der Waals surface area contributed by atoms with Crippen LogP contribution in [0.1, 0.15) is 21.5 Å². The van der Waals surface area contributed by atoms with Crippen molar-refractivity contribution in [2.45, 2.75) is 13.2 Å². The molecule has 4 aromatic rings. The number of methoxy groups -OCH3 is 1. The monoisotopic (exact) mass is 447 g/mol. The lowest BCUT2D eigenvalue weighted by Crippen LogP contribution is -2.13. The van der Waals surface area contributed by atoms with Crippen molar-refractivity contribution in [1.29, 1.82) is 0 Å². The van der Waals surface area contributed by atoms with Crippen LogP contribution in [0.15, 0.2) is 85.1 Å². The van der Waals surface area contributed by atoms with E-state index < -0.39 is 0 Å². The average Bonchev–Trinajstić information content (AvgIpc) is 3.26. The highest BCUT2D eigenvalue weighted by atomic mass is 35.5. The summed E-state index contributed by atoms with van der Waals surface area (Å²) in [6.07, 6.45) is 1.82. The Morgan fingerprint density at radius 1 is 0.906 bits per heavy atom. The SMILES string of the molecule is COc1ccc(OCc2ccc(C(=O)Nc3ccn(Cc4ccc(Cl)cc4)n3)cc2)cc1. The molecule has 7 heteroatoms. The number of hydrogen-bond donors (Lipinski definition) is 1. The highest BCUT2D eigenvalue weighted by Gasteiger charge is 2.09. The summed E-state index contributed by atoms with van der Waals surface area (Å²) >= 11 is 5.92. The van der Waals surface area contributed by atoms with E-state index in [9.17, 15) is 4.79 Å². The summed E-state index contributed by atoms with van der Waals surface area (Å²) in [5, 5.41) is 7.93. The minimum Gasteiger partial charge on any atom is -0.497 e. The Balaban J connectivity index is 1.30. The molecule has 0 aliphatic heterocycles. The number of aromatic nitrogens is 2. The van der Waals surface area contributed by atoms with Crippen molar-refractivity contribution >= 4 is 23.3 Å². The maximum atomic E-state index is 12.6. The van der Waals surface area contributed by atoms with E-state index in [1.165, 1.54) is 0 Å². The van der Waals surface area contributed by atoms with Crippen LogP contribution < -0.4 is 14.8 Å². The van der Waals surface area contributed by atoms with Crippen molar-refractivity contribution in [2.75, 3.05) is 12.4 Å². The van der Waals surface area contributed by atoms with Gasteiger partial charge in [-0.3, -0.25) is 9.48 Å². The first kappa shape index (κ1) is 21.5. The lowest BCUT2D eigenvalue weighted by atomic mass is 10.1. The number of anilines is 1. The van der Waals surface area contributed by atoms with Crippen molar-refractivity contribution in [3.63, 3.8) is 0 Å². The van der Waals surface area contributed by atoms with Gasteiger partial charge >= 0.3 is 0 Å². The quantitative estimate of drug-likeness (QED) is 0.391. The van der Waals surface area contributed by atoms with Crippen LogP contribution in [0.5, 0.6) is 11.5 Å². The van der Waals surface area contributed by atoms with E-state index in [0.29, 0.717) is 29.6 Å². The molecule has 0 aliphatic carbocycles. The van der Waals surface area contributed by atoms with Gasteiger partial charge < -0.3 is 14.8 Å². The fourth-order valence-electron chi connectivity index (χ4n) is 3.07. The zero-order chi connectivity index (χ0) is 22.3. The molecule has 6 nitrogen and oxygen atoms in total. The molecule has 0 radical (unpaired) electrons. The van der Waals surface area contributed by atoms with Gasteiger partial charge in [-0.15, -0.1) is 0 Å². The first-order chi connectivity index (χ1) is 15.6. The van der Waals surface area contributed by atoms with Gasteiger partial charge in [-0.25, -0.2) is 0 Å². The molecule has 32 heavy (non-hydrogen) atoms. The summed E-state index contributed by atoms with van der Waals surface area (Å²) in [6.45, 7) is 0.999. The van der Waals surface area contributed by atoms with Gasteiger partial charge in [-0.1, -0.05) is 35.9 Å². The number of carbonyl (C=O) groups excluding carboxylic acids is 1. The van der Waals surface area contributed by atoms with E-state index in [1.807, 2.05) is 66.9 Å². The molecule has 0 unspecified atom stereocenters. The molecule has 0 spiro atoms. The van der Waals surface area contributed by atoms with E-state index >= 15 is 0 Å². The maximum absolute atomic E-state index is 12.6. The van der Waals surface area contributed by atoms with Gasteiger partial charge in [0.05, 0.1) is 13.7 Å². The third-order valence-corrected chi connectivity index (χ3v) is 5.07. The van der Waals surface area contributed by atoms with E-state index in [2.05, 4.69) is 10.4 Å². The standard InChI is InChI=1S/C25H22ClN3O3/c1-31-22-10-12-23(13-11-22)32-17-19-2-6-20(7-3-19)25(30)27-24-14-15-29(28-24)16-18-4-8-21(26)9-5-18/h2-15H,16-17H2,1H3,(H,27,28,30). The molecule has 0 bridgehead atoms. The molecule has 1 N–H and O–H groups in total. The molecule has 3 aromatic carbocycles. The Hall–Kier alpha value is -3.77. The molecule has 0 aliphatic rings. The predicted molar refractivity (Wildman–Crippen MR) is 125 cm³/mol. The summed E-state index contributed by atoms with van der Waals surface area (Å²) in [7, 11) is 1.63. The normalized spacial score (nSPS) is 10.6. The average molecular weight is 448 g/mol. The van der Waals surface area contributed by atoms with Gasteiger partial charge in [0.1, 0.15) is 18.1 Å². The fourth-order valence-corrected chi connectivity index (χ4v) is 3.20. The summed E-state index contributed by atoms with van der Waals surface area (Å²) in [6, 6.07) is 24.0. The molecule has 162 valence electrons. The number of carbonyl (C=O) groups is 1. The van der Waals surface area contributed by atoms with Crippen molar-refractivity contribution in [3.8, 4) is 11.5 Å². The van der Waals surface area contributed by atoms with Crippen LogP contribution in [0.2, 0.25) is 5.02 Å². The Labute approximate surface area is 191 Å². The molecule has 1 amide bonds. The highest BCUT2D eigenvalue weighted by Crippen LogP contribution is 2.18. The zero-order valence-corrected chi connectivity index (χ0v) is 18.3. The topological polar surface area (TPSA) is 65.4 Å². The zero-order valence-electron chi connectivity index (χ0n) is 17.5. The van der Waals surface area contributed by atoms with Crippen LogP contribution in [0.25, 0.3) is 0 Å². The van der Waals surface area contributed by atoms with Gasteiger partial charge in [-0.2, -0.15) is 5.10 Å². The number of ether oxygens (including phenoxy) is 2. The van der Waals surface area contributed by atoms with Crippen LogP contribution in [-0.2, 0) is 13.2 Å². The smallest absolute Gasteiger partial charge is 0.256 e. The molecule has 0 fully saturated rings. The lowest BCUT2D eigenvalue weighted by Gasteiger charge is -2.08. The van der Waals surface area contributed by atoms with Crippen LogP contribution in [-0.4, -0.2) is 22.8 Å². The van der Waals surface area contributed by atoms with Gasteiger partial charge in [0.15, 0.2) is 5.82 Å². The number of halogens is 1. The second-order valence-electron chi connectivity index (χ2n) is 7.14. The summed E-state index contributed by atoms with van der Waals surface area (Å²) < 4.78 is 12.7. The van der Waals surface area contributed by atoms with Crippen molar-refractivity contribution in [2.24, 2.45) is 0 Å². The maximum Gasteiger partial charge on any atom is 0.256 e. The molecule has 0 atom stereocenters. The predicted octanol–water partition coefficient (Wildman–Crippen LogP) is 5.42.